The molecule has 3 N–H and O–H groups in total. The van der Waals surface area contributed by atoms with Crippen LogP contribution in [0.15, 0.2) is 71.9 Å². The molecule has 0 radical (unpaired) electrons. The Balaban J connectivity index is 1.54. The molecule has 1 amide bonds. The number of thioether (sulfide) groups is 1. The molecular formula is C26H26N2O6S. The molecule has 3 unspecified atom stereocenters. The van der Waals surface area contributed by atoms with E-state index in [9.17, 15) is 19.8 Å². The number of aromatic nitrogens is 1. The summed E-state index contributed by atoms with van der Waals surface area (Å²) in [5.74, 6) is -0.680. The summed E-state index contributed by atoms with van der Waals surface area (Å²) >= 11 is 1.34. The van der Waals surface area contributed by atoms with Crippen LogP contribution in [-0.4, -0.2) is 38.9 Å². The predicted octanol–water partition coefficient (Wildman–Crippen LogP) is 4.57. The van der Waals surface area contributed by atoms with Gasteiger partial charge in [0.1, 0.15) is 5.03 Å². The zero-order valence-electron chi connectivity index (χ0n) is 19.1. The summed E-state index contributed by atoms with van der Waals surface area (Å²) in [6.07, 6.45) is 1.00. The number of pyridine rings is 1. The van der Waals surface area contributed by atoms with Crippen LogP contribution in [-0.2, 0) is 20.9 Å². The van der Waals surface area contributed by atoms with Gasteiger partial charge in [-0.05, 0) is 35.4 Å². The summed E-state index contributed by atoms with van der Waals surface area (Å²) in [5, 5.41) is 22.0. The molecule has 35 heavy (non-hydrogen) atoms. The van der Waals surface area contributed by atoms with Crippen molar-refractivity contribution in [1.82, 2.24) is 4.98 Å². The number of rotatable bonds is 8. The monoisotopic (exact) mass is 494 g/mol. The van der Waals surface area contributed by atoms with Gasteiger partial charge < -0.3 is 25.0 Å². The molecule has 9 heteroatoms. The van der Waals surface area contributed by atoms with E-state index in [1.807, 2.05) is 36.4 Å². The van der Waals surface area contributed by atoms with Gasteiger partial charge in [0.2, 0.25) is 5.91 Å². The number of nitrogens with one attached hydrogen (secondary N) is 1. The standard InChI is InChI=1S/C26H26N2O6S/c1-16(30)28-20-10-8-19(9-11-20)26-33-21(15-35-24-22(25(31)32)3-2-12-27-24)13-23(34-26)18-6-4-17(14-29)5-7-18/h2-12,21,23,26,29H,13-15H2,1H3,(H,28,30)(H,31,32). The molecule has 1 aromatic heterocycles. The van der Waals surface area contributed by atoms with Crippen molar-refractivity contribution in [3.8, 4) is 0 Å². The van der Waals surface area contributed by atoms with Gasteiger partial charge >= 0.3 is 5.97 Å². The Labute approximate surface area is 207 Å². The van der Waals surface area contributed by atoms with E-state index in [4.69, 9.17) is 9.47 Å². The molecule has 2 aromatic carbocycles. The average Bonchev–Trinajstić information content (AvgIpc) is 2.87. The lowest BCUT2D eigenvalue weighted by Gasteiger charge is -2.36. The number of carboxylic acids is 1. The minimum atomic E-state index is -1.02. The first-order valence-electron chi connectivity index (χ1n) is 11.1. The van der Waals surface area contributed by atoms with Crippen molar-refractivity contribution in [3.05, 3.63) is 89.1 Å². The number of carbonyl (C=O) groups excluding carboxylic acids is 1. The van der Waals surface area contributed by atoms with Gasteiger partial charge in [-0.2, -0.15) is 0 Å². The van der Waals surface area contributed by atoms with Crippen LogP contribution in [0, 0.1) is 0 Å². The number of anilines is 1. The van der Waals surface area contributed by atoms with Gasteiger partial charge in [0.15, 0.2) is 6.29 Å². The molecule has 2 heterocycles. The van der Waals surface area contributed by atoms with Gasteiger partial charge in [-0.1, -0.05) is 36.4 Å². The molecule has 4 rings (SSSR count). The normalized spacial score (nSPS) is 19.8. The van der Waals surface area contributed by atoms with Gasteiger partial charge in [-0.25, -0.2) is 9.78 Å². The SMILES string of the molecule is CC(=O)Nc1ccc(C2OC(CSc3ncccc3C(=O)O)CC(c3ccc(CO)cc3)O2)cc1. The molecule has 8 nitrogen and oxygen atoms in total. The van der Waals surface area contributed by atoms with Crippen molar-refractivity contribution in [1.29, 1.82) is 0 Å². The summed E-state index contributed by atoms with van der Waals surface area (Å²) in [5.41, 5.74) is 3.41. The molecule has 1 saturated heterocycles. The van der Waals surface area contributed by atoms with E-state index in [0.717, 1.165) is 16.7 Å². The van der Waals surface area contributed by atoms with Crippen LogP contribution in [0.1, 0.15) is 52.8 Å². The largest absolute Gasteiger partial charge is 0.478 e. The van der Waals surface area contributed by atoms with Crippen molar-refractivity contribution in [2.45, 2.75) is 43.5 Å². The second kappa shape index (κ2) is 11.5. The van der Waals surface area contributed by atoms with Crippen molar-refractivity contribution in [3.63, 3.8) is 0 Å². The highest BCUT2D eigenvalue weighted by Crippen LogP contribution is 2.39. The van der Waals surface area contributed by atoms with E-state index in [1.165, 1.54) is 24.8 Å². The highest BCUT2D eigenvalue weighted by atomic mass is 32.2. The minimum absolute atomic E-state index is 0.0343. The topological polar surface area (TPSA) is 118 Å². The highest BCUT2D eigenvalue weighted by Gasteiger charge is 2.32. The third-order valence-corrected chi connectivity index (χ3v) is 6.66. The van der Waals surface area contributed by atoms with Crippen LogP contribution in [0.25, 0.3) is 0 Å². The Morgan fingerprint density at radius 2 is 1.77 bits per heavy atom. The van der Waals surface area contributed by atoms with Crippen LogP contribution < -0.4 is 5.32 Å². The van der Waals surface area contributed by atoms with E-state index < -0.39 is 12.3 Å². The Morgan fingerprint density at radius 3 is 2.43 bits per heavy atom. The molecule has 3 atom stereocenters. The number of aliphatic hydroxyl groups excluding tert-OH is 1. The van der Waals surface area contributed by atoms with Crippen molar-refractivity contribution in [2.75, 3.05) is 11.1 Å². The third-order valence-electron chi connectivity index (χ3n) is 5.53. The first-order chi connectivity index (χ1) is 16.9. The zero-order valence-corrected chi connectivity index (χ0v) is 19.9. The lowest BCUT2D eigenvalue weighted by molar-refractivity contribution is -0.245. The molecule has 1 aliphatic rings. The summed E-state index contributed by atoms with van der Waals surface area (Å²) in [7, 11) is 0. The molecule has 0 aliphatic carbocycles. The number of amides is 1. The summed E-state index contributed by atoms with van der Waals surface area (Å²) in [6, 6.07) is 18.0. The number of benzene rings is 2. The minimum Gasteiger partial charge on any atom is -0.478 e. The Kier molecular flexibility index (Phi) is 8.14. The van der Waals surface area contributed by atoms with Crippen LogP contribution in [0.4, 0.5) is 5.69 Å². The quantitative estimate of drug-likeness (QED) is 0.390. The Bertz CT molecular complexity index is 1170. The fraction of sp³-hybridized carbons (Fsp3) is 0.269. The Hall–Kier alpha value is -3.24. The molecule has 0 bridgehead atoms. The van der Waals surface area contributed by atoms with Gasteiger partial charge in [-0.3, -0.25) is 4.79 Å². The fourth-order valence-corrected chi connectivity index (χ4v) is 4.79. The number of nitrogens with zero attached hydrogens (tertiary/aromatic N) is 1. The number of hydrogen-bond donors (Lipinski definition) is 3. The molecule has 3 aromatic rings. The smallest absolute Gasteiger partial charge is 0.338 e. The maximum atomic E-state index is 11.5. The molecule has 1 fully saturated rings. The predicted molar refractivity (Wildman–Crippen MR) is 131 cm³/mol. The number of carboxylic acid groups (broad SMARTS) is 1. The van der Waals surface area contributed by atoms with Crippen LogP contribution >= 0.6 is 11.8 Å². The molecular weight excluding hydrogens is 468 g/mol. The molecule has 182 valence electrons. The number of aromatic carboxylic acids is 1. The third kappa shape index (κ3) is 6.46. The highest BCUT2D eigenvalue weighted by molar-refractivity contribution is 7.99. The molecule has 0 spiro atoms. The second-order valence-corrected chi connectivity index (χ2v) is 9.13. The summed E-state index contributed by atoms with van der Waals surface area (Å²) in [6.45, 7) is 1.42. The first-order valence-corrected chi connectivity index (χ1v) is 12.1. The summed E-state index contributed by atoms with van der Waals surface area (Å²) in [4.78, 5) is 27.1. The van der Waals surface area contributed by atoms with Crippen LogP contribution in [0.5, 0.6) is 0 Å². The fourth-order valence-electron chi connectivity index (χ4n) is 3.79. The van der Waals surface area contributed by atoms with Gasteiger partial charge in [0, 0.05) is 36.5 Å². The van der Waals surface area contributed by atoms with E-state index in [-0.39, 0.29) is 30.3 Å². The number of ether oxygens (including phenoxy) is 2. The van der Waals surface area contributed by atoms with Crippen molar-refractivity contribution < 1.29 is 29.3 Å². The van der Waals surface area contributed by atoms with E-state index in [2.05, 4.69) is 10.3 Å². The maximum absolute atomic E-state index is 11.5. The maximum Gasteiger partial charge on any atom is 0.338 e. The Morgan fingerprint density at radius 1 is 1.06 bits per heavy atom. The summed E-state index contributed by atoms with van der Waals surface area (Å²) < 4.78 is 12.6. The van der Waals surface area contributed by atoms with E-state index >= 15 is 0 Å². The van der Waals surface area contributed by atoms with Crippen molar-refractivity contribution in [2.24, 2.45) is 0 Å². The van der Waals surface area contributed by atoms with Crippen LogP contribution in [0.2, 0.25) is 0 Å². The lowest BCUT2D eigenvalue weighted by Crippen LogP contribution is -2.31. The van der Waals surface area contributed by atoms with Gasteiger partial charge in [-0.15, -0.1) is 11.8 Å². The first kappa shape index (κ1) is 24.9. The lowest BCUT2D eigenvalue weighted by atomic mass is 10.0. The van der Waals surface area contributed by atoms with Gasteiger partial charge in [0.25, 0.3) is 0 Å². The van der Waals surface area contributed by atoms with E-state index in [0.29, 0.717) is 22.9 Å². The second-order valence-electron chi connectivity index (χ2n) is 8.13. The number of hydrogen-bond acceptors (Lipinski definition) is 7. The molecule has 0 saturated carbocycles. The van der Waals surface area contributed by atoms with Crippen molar-refractivity contribution >= 4 is 29.3 Å². The van der Waals surface area contributed by atoms with E-state index in [1.54, 1.807) is 24.4 Å². The number of aliphatic hydroxyl groups is 1. The van der Waals surface area contributed by atoms with Gasteiger partial charge in [0.05, 0.1) is 24.4 Å². The zero-order chi connectivity index (χ0) is 24.8. The number of carbonyl (C=O) groups is 2. The average molecular weight is 495 g/mol. The molecule has 1 aliphatic heterocycles. The van der Waals surface area contributed by atoms with Crippen LogP contribution in [0.3, 0.4) is 0 Å².